The van der Waals surface area contributed by atoms with E-state index < -0.39 is 5.54 Å². The first-order chi connectivity index (χ1) is 16.9. The Labute approximate surface area is 206 Å². The molecule has 3 aromatic rings. The van der Waals surface area contributed by atoms with Crippen LogP contribution >= 0.6 is 0 Å². The fourth-order valence-electron chi connectivity index (χ4n) is 5.60. The van der Waals surface area contributed by atoms with Gasteiger partial charge in [0.1, 0.15) is 22.7 Å². The third-order valence-electron chi connectivity index (χ3n) is 7.64. The number of carbonyl (C=O) groups excluding carboxylic acids is 2. The number of furan rings is 1. The normalized spacial score (nSPS) is 21.5. The first-order valence-electron chi connectivity index (χ1n) is 12.7. The SMILES string of the molecule is COc1cccc(CN2C(=O)c3cc4oc(C)cc4n3C[C@@]2(C)C(=O)NC2CCCCCCC2)c1. The molecular weight excluding hydrogens is 442 g/mol. The van der Waals surface area contributed by atoms with Gasteiger partial charge in [-0.05, 0) is 44.4 Å². The second kappa shape index (κ2) is 9.44. The minimum atomic E-state index is -1.05. The molecule has 7 heteroatoms. The minimum Gasteiger partial charge on any atom is -0.497 e. The van der Waals surface area contributed by atoms with E-state index in [9.17, 15) is 9.59 Å². The van der Waals surface area contributed by atoms with Crippen molar-refractivity contribution in [3.8, 4) is 5.75 Å². The van der Waals surface area contributed by atoms with E-state index in [2.05, 4.69) is 5.32 Å². The second-order valence-electron chi connectivity index (χ2n) is 10.3. The Kier molecular flexibility index (Phi) is 6.34. The molecule has 2 aromatic heterocycles. The lowest BCUT2D eigenvalue weighted by atomic mass is 9.91. The second-order valence-corrected chi connectivity index (χ2v) is 10.3. The average molecular weight is 478 g/mol. The van der Waals surface area contributed by atoms with Gasteiger partial charge in [-0.25, -0.2) is 0 Å². The number of carbonyl (C=O) groups is 2. The molecule has 2 aliphatic rings. The van der Waals surface area contributed by atoms with Gasteiger partial charge in [-0.2, -0.15) is 0 Å². The average Bonchev–Trinajstić information content (AvgIpc) is 3.35. The Morgan fingerprint density at radius 2 is 1.89 bits per heavy atom. The first-order valence-corrected chi connectivity index (χ1v) is 12.7. The van der Waals surface area contributed by atoms with Crippen LogP contribution in [-0.2, 0) is 17.9 Å². The van der Waals surface area contributed by atoms with E-state index in [-0.39, 0.29) is 17.9 Å². The van der Waals surface area contributed by atoms with Gasteiger partial charge in [0.25, 0.3) is 5.91 Å². The monoisotopic (exact) mass is 477 g/mol. The van der Waals surface area contributed by atoms with Crippen molar-refractivity contribution in [3.05, 3.63) is 53.4 Å². The van der Waals surface area contributed by atoms with Crippen LogP contribution in [0.1, 0.15) is 73.7 Å². The molecule has 1 N–H and O–H groups in total. The molecule has 3 heterocycles. The van der Waals surface area contributed by atoms with Crippen LogP contribution in [0.2, 0.25) is 0 Å². The lowest BCUT2D eigenvalue weighted by molar-refractivity contribution is -0.134. The maximum Gasteiger partial charge on any atom is 0.271 e. The summed E-state index contributed by atoms with van der Waals surface area (Å²) in [5.41, 5.74) is 1.96. The molecular formula is C28H35N3O4. The van der Waals surface area contributed by atoms with E-state index in [1.807, 2.05) is 48.7 Å². The minimum absolute atomic E-state index is 0.0907. The van der Waals surface area contributed by atoms with Gasteiger partial charge >= 0.3 is 0 Å². The number of nitrogens with zero attached hydrogens (tertiary/aromatic N) is 2. The summed E-state index contributed by atoms with van der Waals surface area (Å²) in [6.07, 6.45) is 7.95. The summed E-state index contributed by atoms with van der Waals surface area (Å²) in [5.74, 6) is 1.26. The number of rotatable bonds is 5. The molecule has 0 radical (unpaired) electrons. The summed E-state index contributed by atoms with van der Waals surface area (Å²) < 4.78 is 13.2. The summed E-state index contributed by atoms with van der Waals surface area (Å²) in [4.78, 5) is 29.6. The molecule has 1 saturated carbocycles. The lowest BCUT2D eigenvalue weighted by Crippen LogP contribution is -2.64. The highest BCUT2D eigenvalue weighted by molar-refractivity contribution is 6.03. The molecule has 35 heavy (non-hydrogen) atoms. The van der Waals surface area contributed by atoms with Gasteiger partial charge < -0.3 is 23.9 Å². The molecule has 186 valence electrons. The van der Waals surface area contributed by atoms with Crippen molar-refractivity contribution in [3.63, 3.8) is 0 Å². The van der Waals surface area contributed by atoms with E-state index in [1.165, 1.54) is 19.3 Å². The number of hydrogen-bond acceptors (Lipinski definition) is 4. The Bertz CT molecular complexity index is 1230. The van der Waals surface area contributed by atoms with E-state index >= 15 is 0 Å². The number of ether oxygens (including phenoxy) is 1. The van der Waals surface area contributed by atoms with Crippen LogP contribution in [0.4, 0.5) is 0 Å². The summed E-state index contributed by atoms with van der Waals surface area (Å²) in [5, 5.41) is 3.34. The Balaban J connectivity index is 1.51. The zero-order valence-electron chi connectivity index (χ0n) is 20.9. The van der Waals surface area contributed by atoms with Crippen molar-refractivity contribution < 1.29 is 18.7 Å². The zero-order valence-corrected chi connectivity index (χ0v) is 20.9. The van der Waals surface area contributed by atoms with Gasteiger partial charge in [-0.3, -0.25) is 9.59 Å². The number of nitrogens with one attached hydrogen (secondary N) is 1. The summed E-state index contributed by atoms with van der Waals surface area (Å²) in [6, 6.07) is 11.6. The number of methoxy groups -OCH3 is 1. The molecule has 1 atom stereocenters. The maximum absolute atomic E-state index is 14.0. The van der Waals surface area contributed by atoms with E-state index in [1.54, 1.807) is 18.1 Å². The fourth-order valence-corrected chi connectivity index (χ4v) is 5.60. The quantitative estimate of drug-likeness (QED) is 0.548. The highest BCUT2D eigenvalue weighted by Gasteiger charge is 2.48. The zero-order chi connectivity index (χ0) is 24.6. The molecule has 5 rings (SSSR count). The van der Waals surface area contributed by atoms with Gasteiger partial charge in [0.2, 0.25) is 5.91 Å². The summed E-state index contributed by atoms with van der Waals surface area (Å²) in [6.45, 7) is 4.48. The van der Waals surface area contributed by atoms with E-state index in [4.69, 9.17) is 9.15 Å². The third-order valence-corrected chi connectivity index (χ3v) is 7.64. The van der Waals surface area contributed by atoms with Crippen molar-refractivity contribution in [2.45, 2.75) is 83.5 Å². The standard InChI is InChI=1S/C28H35N3O4/c1-19-14-23-25(35-19)16-24-26(32)31(17-20-10-9-13-22(15-20)34-3)28(2,18-30(23)24)27(33)29-21-11-7-5-4-6-8-12-21/h9-10,13-16,21H,4-8,11-12,17-18H2,1-3H3,(H,29,33)/t28-/m0/s1. The van der Waals surface area contributed by atoms with Crippen LogP contribution in [-0.4, -0.2) is 40.0 Å². The number of aryl methyl sites for hydroxylation is 1. The van der Waals surface area contributed by atoms with Crippen LogP contribution in [0.5, 0.6) is 5.75 Å². The smallest absolute Gasteiger partial charge is 0.271 e. The molecule has 1 aromatic carbocycles. The summed E-state index contributed by atoms with van der Waals surface area (Å²) in [7, 11) is 1.63. The molecule has 0 unspecified atom stereocenters. The largest absolute Gasteiger partial charge is 0.497 e. The number of hydrogen-bond donors (Lipinski definition) is 1. The van der Waals surface area contributed by atoms with Gasteiger partial charge in [0.05, 0.1) is 19.2 Å². The Morgan fingerprint density at radius 3 is 2.63 bits per heavy atom. The van der Waals surface area contributed by atoms with Crippen molar-refractivity contribution in [1.29, 1.82) is 0 Å². The van der Waals surface area contributed by atoms with Gasteiger partial charge in [0.15, 0.2) is 5.58 Å². The number of aromatic nitrogens is 1. The van der Waals surface area contributed by atoms with Gasteiger partial charge in [-0.15, -0.1) is 0 Å². The van der Waals surface area contributed by atoms with Gasteiger partial charge in [0, 0.05) is 24.7 Å². The van der Waals surface area contributed by atoms with Crippen molar-refractivity contribution in [1.82, 2.24) is 14.8 Å². The van der Waals surface area contributed by atoms with Crippen LogP contribution in [0.15, 0.2) is 40.8 Å². The molecule has 7 nitrogen and oxygen atoms in total. The van der Waals surface area contributed by atoms with Crippen molar-refractivity contribution >= 4 is 22.9 Å². The van der Waals surface area contributed by atoms with Crippen molar-refractivity contribution in [2.24, 2.45) is 0 Å². The van der Waals surface area contributed by atoms with Crippen LogP contribution < -0.4 is 10.1 Å². The molecule has 1 aliphatic heterocycles. The van der Waals surface area contributed by atoms with Crippen LogP contribution in [0.3, 0.4) is 0 Å². The molecule has 0 bridgehead atoms. The molecule has 1 fully saturated rings. The third kappa shape index (κ3) is 4.44. The molecule has 1 aliphatic carbocycles. The lowest BCUT2D eigenvalue weighted by Gasteiger charge is -2.44. The molecule has 2 amide bonds. The topological polar surface area (TPSA) is 76.7 Å². The molecule has 0 spiro atoms. The van der Waals surface area contributed by atoms with Crippen LogP contribution in [0.25, 0.3) is 11.1 Å². The predicted octanol–water partition coefficient (Wildman–Crippen LogP) is 5.20. The van der Waals surface area contributed by atoms with Crippen molar-refractivity contribution in [2.75, 3.05) is 7.11 Å². The maximum atomic E-state index is 14.0. The number of fused-ring (bicyclic) bond motifs is 3. The molecule has 0 saturated heterocycles. The van der Waals surface area contributed by atoms with Gasteiger partial charge in [-0.1, -0.05) is 44.2 Å². The Morgan fingerprint density at radius 1 is 1.14 bits per heavy atom. The number of benzene rings is 1. The number of amides is 2. The highest BCUT2D eigenvalue weighted by atomic mass is 16.5. The Hall–Kier alpha value is -3.22. The fraction of sp³-hybridized carbons (Fsp3) is 0.500. The van der Waals surface area contributed by atoms with E-state index in [0.717, 1.165) is 48.3 Å². The van der Waals surface area contributed by atoms with Crippen LogP contribution in [0, 0.1) is 6.92 Å². The first kappa shape index (κ1) is 23.5. The van der Waals surface area contributed by atoms with E-state index in [0.29, 0.717) is 24.4 Å². The summed E-state index contributed by atoms with van der Waals surface area (Å²) >= 11 is 0. The predicted molar refractivity (Wildman–Crippen MR) is 134 cm³/mol. The highest BCUT2D eigenvalue weighted by Crippen LogP contribution is 2.35.